The Kier molecular flexibility index (Phi) is 9.10. The first-order valence-electron chi connectivity index (χ1n) is 11.1. The van der Waals surface area contributed by atoms with Gasteiger partial charge in [0.1, 0.15) is 5.82 Å². The number of benzene rings is 1. The topological polar surface area (TPSA) is 58.6 Å². The van der Waals surface area contributed by atoms with Gasteiger partial charge in [0.2, 0.25) is 11.8 Å². The third kappa shape index (κ3) is 7.88. The number of hydrogen-bond donors (Lipinski definition) is 1. The van der Waals surface area contributed by atoms with Gasteiger partial charge in [-0.2, -0.15) is 0 Å². The quantitative estimate of drug-likeness (QED) is 0.609. The summed E-state index contributed by atoms with van der Waals surface area (Å²) in [6.45, 7) is 12.9. The molecule has 2 fully saturated rings. The van der Waals surface area contributed by atoms with Crippen molar-refractivity contribution >= 4 is 31.7 Å². The van der Waals surface area contributed by atoms with E-state index in [1.54, 1.807) is 11.0 Å². The molecule has 0 spiro atoms. The Morgan fingerprint density at radius 1 is 1.23 bits per heavy atom. The SMILES string of the molecule is CC(C)(C)[Si](C)(C)OC1CCC(=O)N(Cc2ccc(F)cc2Cl)C1.O=C1CCCCN1. The predicted octanol–water partition coefficient (Wildman–Crippen LogP) is 5.28. The number of nitrogens with one attached hydrogen (secondary N) is 1. The molecule has 1 atom stereocenters. The van der Waals surface area contributed by atoms with Crippen molar-refractivity contribution in [2.75, 3.05) is 13.1 Å². The summed E-state index contributed by atoms with van der Waals surface area (Å²) in [5.41, 5.74) is 0.763. The Morgan fingerprint density at radius 2 is 1.94 bits per heavy atom. The molecule has 0 saturated carbocycles. The maximum Gasteiger partial charge on any atom is 0.223 e. The molecule has 5 nitrogen and oxygen atoms in total. The summed E-state index contributed by atoms with van der Waals surface area (Å²) < 4.78 is 19.6. The van der Waals surface area contributed by atoms with E-state index >= 15 is 0 Å². The fourth-order valence-electron chi connectivity index (χ4n) is 3.31. The van der Waals surface area contributed by atoms with Crippen molar-refractivity contribution in [3.8, 4) is 0 Å². The van der Waals surface area contributed by atoms with Crippen LogP contribution in [0.4, 0.5) is 4.39 Å². The molecule has 31 heavy (non-hydrogen) atoms. The second-order valence-corrected chi connectivity index (χ2v) is 15.0. The molecule has 2 heterocycles. The Labute approximate surface area is 191 Å². The highest BCUT2D eigenvalue weighted by Crippen LogP contribution is 2.38. The van der Waals surface area contributed by atoms with Crippen LogP contribution in [0.25, 0.3) is 0 Å². The highest BCUT2D eigenvalue weighted by atomic mass is 35.5. The fourth-order valence-corrected chi connectivity index (χ4v) is 4.91. The van der Waals surface area contributed by atoms with E-state index in [0.717, 1.165) is 37.8 Å². The van der Waals surface area contributed by atoms with Crippen molar-refractivity contribution < 1.29 is 18.4 Å². The fraction of sp³-hybridized carbons (Fsp3) is 0.652. The summed E-state index contributed by atoms with van der Waals surface area (Å²) in [6.07, 6.45) is 4.28. The first-order valence-corrected chi connectivity index (χ1v) is 14.3. The second kappa shape index (κ2) is 10.9. The van der Waals surface area contributed by atoms with Crippen LogP contribution in [0.2, 0.25) is 23.2 Å². The summed E-state index contributed by atoms with van der Waals surface area (Å²) in [5.74, 6) is -0.0513. The van der Waals surface area contributed by atoms with Crippen molar-refractivity contribution in [3.05, 3.63) is 34.6 Å². The van der Waals surface area contributed by atoms with E-state index in [-0.39, 0.29) is 28.8 Å². The van der Waals surface area contributed by atoms with Crippen molar-refractivity contribution in [2.45, 2.75) is 83.7 Å². The van der Waals surface area contributed by atoms with Gasteiger partial charge < -0.3 is 14.6 Å². The Morgan fingerprint density at radius 3 is 2.45 bits per heavy atom. The number of nitrogens with zero attached hydrogens (tertiary/aromatic N) is 1. The number of rotatable bonds is 4. The van der Waals surface area contributed by atoms with Gasteiger partial charge in [-0.25, -0.2) is 4.39 Å². The third-order valence-corrected chi connectivity index (χ3v) is 11.1. The molecule has 0 aromatic heterocycles. The van der Waals surface area contributed by atoms with E-state index < -0.39 is 8.32 Å². The van der Waals surface area contributed by atoms with Crippen LogP contribution in [0.1, 0.15) is 58.4 Å². The predicted molar refractivity (Wildman–Crippen MR) is 125 cm³/mol. The Hall–Kier alpha value is -1.44. The van der Waals surface area contributed by atoms with E-state index in [0.29, 0.717) is 24.5 Å². The standard InChI is InChI=1S/C18H27ClFNO2Si.C5H9NO/c1-18(2,3)24(4,5)23-15-8-9-17(22)21(12-15)11-13-6-7-14(20)10-16(13)19;7-5-3-1-2-4-6-5/h6-7,10,15H,8-9,11-12H2,1-5H3;1-4H2,(H,6,7). The lowest BCUT2D eigenvalue weighted by Gasteiger charge is -2.42. The van der Waals surface area contributed by atoms with Gasteiger partial charge in [-0.15, -0.1) is 0 Å². The van der Waals surface area contributed by atoms with Crippen LogP contribution >= 0.6 is 11.6 Å². The molecule has 1 aromatic carbocycles. The number of carbonyl (C=O) groups is 2. The molecule has 0 radical (unpaired) electrons. The minimum atomic E-state index is -1.87. The van der Waals surface area contributed by atoms with Crippen LogP contribution in [0.3, 0.4) is 0 Å². The number of carbonyl (C=O) groups excluding carboxylic acids is 2. The maximum atomic E-state index is 13.2. The molecule has 174 valence electrons. The largest absolute Gasteiger partial charge is 0.412 e. The van der Waals surface area contributed by atoms with Gasteiger partial charge in [0.15, 0.2) is 8.32 Å². The first-order chi connectivity index (χ1) is 14.4. The summed E-state index contributed by atoms with van der Waals surface area (Å²) in [7, 11) is -1.87. The Balaban J connectivity index is 0.000000412. The number of amides is 2. The Bertz CT molecular complexity index is 775. The van der Waals surface area contributed by atoms with Gasteiger partial charge in [-0.05, 0) is 55.1 Å². The summed E-state index contributed by atoms with van der Waals surface area (Å²) >= 11 is 6.10. The van der Waals surface area contributed by atoms with Gasteiger partial charge in [0.25, 0.3) is 0 Å². The smallest absolute Gasteiger partial charge is 0.223 e. The van der Waals surface area contributed by atoms with Crippen LogP contribution in [0, 0.1) is 5.82 Å². The second-order valence-electron chi connectivity index (χ2n) is 9.86. The van der Waals surface area contributed by atoms with E-state index in [1.807, 2.05) is 0 Å². The van der Waals surface area contributed by atoms with Crippen LogP contribution in [-0.4, -0.2) is 44.2 Å². The van der Waals surface area contributed by atoms with Crippen molar-refractivity contribution in [3.63, 3.8) is 0 Å². The molecular formula is C23H36ClFN2O3Si. The van der Waals surface area contributed by atoms with E-state index in [9.17, 15) is 14.0 Å². The first kappa shape index (κ1) is 25.8. The molecule has 2 saturated heterocycles. The molecule has 2 aliphatic heterocycles. The molecule has 1 aromatic rings. The lowest BCUT2D eigenvalue weighted by Crippen LogP contribution is -2.50. The molecule has 2 amide bonds. The van der Waals surface area contributed by atoms with Crippen LogP contribution in [0.15, 0.2) is 18.2 Å². The zero-order chi connectivity index (χ0) is 23.2. The molecule has 1 N–H and O–H groups in total. The summed E-state index contributed by atoms with van der Waals surface area (Å²) in [4.78, 5) is 24.4. The molecule has 8 heteroatoms. The van der Waals surface area contributed by atoms with Crippen molar-refractivity contribution in [2.24, 2.45) is 0 Å². The van der Waals surface area contributed by atoms with Crippen LogP contribution in [0.5, 0.6) is 0 Å². The lowest BCUT2D eigenvalue weighted by molar-refractivity contribution is -0.137. The summed E-state index contributed by atoms with van der Waals surface area (Å²) in [6, 6.07) is 4.30. The average molecular weight is 471 g/mol. The minimum Gasteiger partial charge on any atom is -0.412 e. The van der Waals surface area contributed by atoms with E-state index in [2.05, 4.69) is 39.2 Å². The van der Waals surface area contributed by atoms with E-state index in [1.165, 1.54) is 12.1 Å². The zero-order valence-corrected chi connectivity index (χ0v) is 21.2. The number of likely N-dealkylation sites (tertiary alicyclic amines) is 1. The highest BCUT2D eigenvalue weighted by molar-refractivity contribution is 6.74. The molecule has 1 unspecified atom stereocenters. The van der Waals surface area contributed by atoms with Gasteiger partial charge in [-0.1, -0.05) is 38.4 Å². The number of halogens is 2. The van der Waals surface area contributed by atoms with Crippen LogP contribution < -0.4 is 5.32 Å². The molecule has 0 aliphatic carbocycles. The highest BCUT2D eigenvalue weighted by Gasteiger charge is 2.40. The number of hydrogen-bond acceptors (Lipinski definition) is 3. The van der Waals surface area contributed by atoms with Gasteiger partial charge in [0, 0.05) is 37.5 Å². The molecule has 3 rings (SSSR count). The molecular weight excluding hydrogens is 435 g/mol. The van der Waals surface area contributed by atoms with E-state index in [4.69, 9.17) is 16.0 Å². The number of piperidine rings is 2. The zero-order valence-electron chi connectivity index (χ0n) is 19.4. The van der Waals surface area contributed by atoms with Gasteiger partial charge >= 0.3 is 0 Å². The monoisotopic (exact) mass is 470 g/mol. The third-order valence-electron chi connectivity index (χ3n) is 6.25. The lowest BCUT2D eigenvalue weighted by atomic mass is 10.1. The average Bonchev–Trinajstić information content (AvgIpc) is 2.66. The maximum absolute atomic E-state index is 13.2. The minimum absolute atomic E-state index is 0.0582. The normalized spacial score (nSPS) is 20.1. The van der Waals surface area contributed by atoms with Crippen LogP contribution in [-0.2, 0) is 20.6 Å². The molecule has 2 aliphatic rings. The molecule has 0 bridgehead atoms. The van der Waals surface area contributed by atoms with Crippen molar-refractivity contribution in [1.29, 1.82) is 0 Å². The van der Waals surface area contributed by atoms with Gasteiger partial charge in [-0.3, -0.25) is 9.59 Å². The van der Waals surface area contributed by atoms with Crippen molar-refractivity contribution in [1.82, 2.24) is 10.2 Å². The summed E-state index contributed by atoms with van der Waals surface area (Å²) in [5, 5.41) is 3.24. The van der Waals surface area contributed by atoms with Gasteiger partial charge in [0.05, 0.1) is 6.10 Å².